The molecule has 0 N–H and O–H groups in total. The predicted octanol–water partition coefficient (Wildman–Crippen LogP) is 4.31. The molecule has 0 atom stereocenters. The average Bonchev–Trinajstić information content (AvgIpc) is 2.97. The van der Waals surface area contributed by atoms with Crippen LogP contribution in [0.15, 0.2) is 54.9 Å². The number of aromatic nitrogens is 3. The number of anilines is 1. The summed E-state index contributed by atoms with van der Waals surface area (Å²) >= 11 is 0. The van der Waals surface area contributed by atoms with Crippen molar-refractivity contribution in [2.45, 2.75) is 20.0 Å². The van der Waals surface area contributed by atoms with Crippen LogP contribution in [0.2, 0.25) is 0 Å². The van der Waals surface area contributed by atoms with Crippen LogP contribution < -0.4 is 19.1 Å². The highest BCUT2D eigenvalue weighted by atomic mass is 16.5. The molecule has 1 aliphatic rings. The van der Waals surface area contributed by atoms with Crippen LogP contribution >= 0.6 is 0 Å². The summed E-state index contributed by atoms with van der Waals surface area (Å²) in [6.07, 6.45) is 4.05. The van der Waals surface area contributed by atoms with Crippen molar-refractivity contribution in [3.63, 3.8) is 0 Å². The molecule has 1 saturated heterocycles. The maximum Gasteiger partial charge on any atom is 0.213 e. The van der Waals surface area contributed by atoms with Crippen LogP contribution in [0.25, 0.3) is 11.0 Å². The first-order valence-corrected chi connectivity index (χ1v) is 12.6. The van der Waals surface area contributed by atoms with Crippen LogP contribution in [0.5, 0.6) is 17.4 Å². The third-order valence-electron chi connectivity index (χ3n) is 6.34. The molecule has 9 nitrogen and oxygen atoms in total. The van der Waals surface area contributed by atoms with Gasteiger partial charge in [-0.25, -0.2) is 9.97 Å². The van der Waals surface area contributed by atoms with Crippen molar-refractivity contribution in [1.29, 1.82) is 5.26 Å². The van der Waals surface area contributed by atoms with Crippen molar-refractivity contribution < 1.29 is 18.9 Å². The molecule has 0 bridgehead atoms. The van der Waals surface area contributed by atoms with Gasteiger partial charge in [0.25, 0.3) is 0 Å². The molecule has 0 spiro atoms. The van der Waals surface area contributed by atoms with Crippen LogP contribution in [-0.2, 0) is 17.8 Å². The van der Waals surface area contributed by atoms with Gasteiger partial charge in [-0.2, -0.15) is 5.26 Å². The lowest BCUT2D eigenvalue weighted by atomic mass is 9.98. The zero-order valence-corrected chi connectivity index (χ0v) is 21.5. The van der Waals surface area contributed by atoms with Gasteiger partial charge in [-0.3, -0.25) is 4.98 Å². The molecule has 5 rings (SSSR count). The second-order valence-corrected chi connectivity index (χ2v) is 8.80. The fourth-order valence-corrected chi connectivity index (χ4v) is 4.38. The van der Waals surface area contributed by atoms with E-state index in [4.69, 9.17) is 23.9 Å². The Balaban J connectivity index is 1.35. The van der Waals surface area contributed by atoms with Crippen molar-refractivity contribution in [3.8, 4) is 23.4 Å². The Morgan fingerprint density at radius 1 is 0.974 bits per heavy atom. The van der Waals surface area contributed by atoms with Gasteiger partial charge in [0.15, 0.2) is 11.5 Å². The minimum absolute atomic E-state index is 0.350. The van der Waals surface area contributed by atoms with Gasteiger partial charge in [0.2, 0.25) is 5.88 Å². The summed E-state index contributed by atoms with van der Waals surface area (Å²) in [7, 11) is 1.61. The Hall–Kier alpha value is -4.42. The van der Waals surface area contributed by atoms with Crippen molar-refractivity contribution in [3.05, 3.63) is 77.1 Å². The van der Waals surface area contributed by atoms with Crippen LogP contribution in [0.4, 0.5) is 5.82 Å². The van der Waals surface area contributed by atoms with E-state index in [9.17, 15) is 5.26 Å². The first kappa shape index (κ1) is 25.2. The van der Waals surface area contributed by atoms with Crippen molar-refractivity contribution in [2.24, 2.45) is 0 Å². The zero-order chi connectivity index (χ0) is 26.3. The van der Waals surface area contributed by atoms with Crippen molar-refractivity contribution in [2.75, 3.05) is 44.9 Å². The molecule has 38 heavy (non-hydrogen) atoms. The number of rotatable bonds is 9. The number of ether oxygens (including phenoxy) is 4. The van der Waals surface area contributed by atoms with Crippen LogP contribution in [-0.4, -0.2) is 55.0 Å². The van der Waals surface area contributed by atoms with E-state index < -0.39 is 0 Å². The third-order valence-corrected chi connectivity index (χ3v) is 6.34. The maximum absolute atomic E-state index is 10.1. The third kappa shape index (κ3) is 5.61. The van der Waals surface area contributed by atoms with Crippen molar-refractivity contribution >= 4 is 16.9 Å². The van der Waals surface area contributed by atoms with E-state index in [1.807, 2.05) is 49.4 Å². The molecule has 0 saturated carbocycles. The molecule has 194 valence electrons. The molecule has 3 heterocycles. The smallest absolute Gasteiger partial charge is 0.213 e. The number of hydrogen-bond donors (Lipinski definition) is 0. The van der Waals surface area contributed by atoms with Crippen LogP contribution in [0, 0.1) is 11.3 Å². The lowest BCUT2D eigenvalue weighted by Gasteiger charge is -2.27. The summed E-state index contributed by atoms with van der Waals surface area (Å²) in [5, 5.41) is 10.1. The van der Waals surface area contributed by atoms with E-state index in [1.165, 1.54) is 0 Å². The minimum atomic E-state index is 0.350. The van der Waals surface area contributed by atoms with E-state index in [0.717, 1.165) is 35.6 Å². The molecule has 1 aliphatic heterocycles. The first-order chi connectivity index (χ1) is 18.7. The van der Waals surface area contributed by atoms with E-state index >= 15 is 0 Å². The number of pyridine rings is 1. The van der Waals surface area contributed by atoms with E-state index in [2.05, 4.69) is 20.9 Å². The number of fused-ring (bicyclic) bond motifs is 1. The van der Waals surface area contributed by atoms with E-state index in [-0.39, 0.29) is 0 Å². The van der Waals surface area contributed by atoms with Gasteiger partial charge in [0.05, 0.1) is 44.2 Å². The fraction of sp³-hybridized carbons (Fsp3) is 0.310. The van der Waals surface area contributed by atoms with Crippen LogP contribution in [0.1, 0.15) is 29.2 Å². The Bertz CT molecular complexity index is 1450. The maximum atomic E-state index is 10.1. The van der Waals surface area contributed by atoms with Gasteiger partial charge in [-0.05, 0) is 48.7 Å². The lowest BCUT2D eigenvalue weighted by molar-refractivity contribution is 0.122. The fourth-order valence-electron chi connectivity index (χ4n) is 4.38. The van der Waals surface area contributed by atoms with Crippen molar-refractivity contribution in [1.82, 2.24) is 15.0 Å². The largest absolute Gasteiger partial charge is 0.493 e. The van der Waals surface area contributed by atoms with Crippen LogP contribution in [0.3, 0.4) is 0 Å². The predicted molar refractivity (Wildman–Crippen MR) is 143 cm³/mol. The van der Waals surface area contributed by atoms with Gasteiger partial charge >= 0.3 is 0 Å². The monoisotopic (exact) mass is 511 g/mol. The Labute approximate surface area is 221 Å². The second-order valence-electron chi connectivity index (χ2n) is 8.80. The van der Waals surface area contributed by atoms with E-state index in [0.29, 0.717) is 66.8 Å². The summed E-state index contributed by atoms with van der Waals surface area (Å²) in [6, 6.07) is 15.8. The SMILES string of the molecule is CCOc1ccc(COc2ccc(Cc3ccc4ncc(N5CCOCC5)nc4c3C#N)cc2OC)cn1. The number of nitriles is 1. The molecule has 2 aromatic carbocycles. The number of methoxy groups -OCH3 is 1. The summed E-state index contributed by atoms with van der Waals surface area (Å²) in [5.74, 6) is 2.60. The lowest BCUT2D eigenvalue weighted by Crippen LogP contribution is -2.36. The Kier molecular flexibility index (Phi) is 7.81. The first-order valence-electron chi connectivity index (χ1n) is 12.6. The average molecular weight is 512 g/mol. The number of benzene rings is 2. The minimum Gasteiger partial charge on any atom is -0.493 e. The highest BCUT2D eigenvalue weighted by Crippen LogP contribution is 2.31. The number of nitrogens with zero attached hydrogens (tertiary/aromatic N) is 5. The molecule has 1 fully saturated rings. The quantitative estimate of drug-likeness (QED) is 0.325. The molecule has 0 unspecified atom stereocenters. The second kappa shape index (κ2) is 11.8. The topological polar surface area (TPSA) is 103 Å². The highest BCUT2D eigenvalue weighted by Gasteiger charge is 2.17. The molecular formula is C29H29N5O4. The molecule has 4 aromatic rings. The standard InChI is InChI=1S/C29H29N5O4/c1-3-37-28-9-5-21(17-32-28)19-38-25-8-4-20(15-26(25)35-2)14-22-6-7-24-29(23(22)16-30)33-27(18-31-24)34-10-12-36-13-11-34/h4-9,15,17-18H,3,10-14,19H2,1-2H3. The normalized spacial score (nSPS) is 13.2. The highest BCUT2D eigenvalue weighted by molar-refractivity contribution is 5.83. The number of morpholine rings is 1. The molecule has 0 radical (unpaired) electrons. The zero-order valence-electron chi connectivity index (χ0n) is 21.5. The summed E-state index contributed by atoms with van der Waals surface area (Å²) < 4.78 is 22.4. The van der Waals surface area contributed by atoms with E-state index in [1.54, 1.807) is 19.5 Å². The molecule has 0 amide bonds. The van der Waals surface area contributed by atoms with Gasteiger partial charge in [0.1, 0.15) is 24.0 Å². The van der Waals surface area contributed by atoms with Gasteiger partial charge in [-0.1, -0.05) is 12.1 Å². The van der Waals surface area contributed by atoms with Gasteiger partial charge in [0, 0.05) is 30.9 Å². The van der Waals surface area contributed by atoms with Gasteiger partial charge < -0.3 is 23.8 Å². The molecule has 9 heteroatoms. The summed E-state index contributed by atoms with van der Waals surface area (Å²) in [4.78, 5) is 15.8. The molecule has 2 aromatic heterocycles. The Morgan fingerprint density at radius 3 is 2.55 bits per heavy atom. The molecular weight excluding hydrogens is 482 g/mol. The molecule has 0 aliphatic carbocycles. The number of hydrogen-bond acceptors (Lipinski definition) is 9. The van der Waals surface area contributed by atoms with Gasteiger partial charge in [-0.15, -0.1) is 0 Å². The Morgan fingerprint density at radius 2 is 1.82 bits per heavy atom. The summed E-state index contributed by atoms with van der Waals surface area (Å²) in [6.45, 7) is 5.67. The summed E-state index contributed by atoms with van der Waals surface area (Å²) in [5.41, 5.74) is 4.64.